The molecule has 0 radical (unpaired) electrons. The molecule has 3 aromatic rings. The molecular weight excluding hydrogens is 312 g/mol. The van der Waals surface area contributed by atoms with Crippen LogP contribution < -0.4 is 10.6 Å². The van der Waals surface area contributed by atoms with E-state index < -0.39 is 11.6 Å². The van der Waals surface area contributed by atoms with Crippen molar-refractivity contribution in [1.29, 1.82) is 0 Å². The minimum absolute atomic E-state index is 0.00786. The third-order valence-corrected chi connectivity index (χ3v) is 3.40. The third kappa shape index (κ3) is 3.81. The lowest BCUT2D eigenvalue weighted by Crippen LogP contribution is -2.10. The summed E-state index contributed by atoms with van der Waals surface area (Å²) in [5, 5.41) is 13.8. The zero-order valence-corrected chi connectivity index (χ0v) is 12.9. The fraction of sp³-hybridized carbons (Fsp3) is 0.118. The van der Waals surface area contributed by atoms with Crippen molar-refractivity contribution >= 4 is 17.5 Å². The van der Waals surface area contributed by atoms with Gasteiger partial charge in [-0.1, -0.05) is 30.3 Å². The third-order valence-electron chi connectivity index (χ3n) is 3.40. The largest absolute Gasteiger partial charge is 0.346 e. The van der Waals surface area contributed by atoms with E-state index in [2.05, 4.69) is 25.8 Å². The average molecular weight is 327 g/mol. The van der Waals surface area contributed by atoms with Gasteiger partial charge in [0.25, 0.3) is 0 Å². The second kappa shape index (κ2) is 6.99. The van der Waals surface area contributed by atoms with Crippen molar-refractivity contribution in [1.82, 2.24) is 15.2 Å². The Morgan fingerprint density at radius 3 is 2.54 bits per heavy atom. The van der Waals surface area contributed by atoms with E-state index in [1.165, 1.54) is 12.3 Å². The lowest BCUT2D eigenvalue weighted by Gasteiger charge is -2.14. The number of hydrogen-bond donors (Lipinski definition) is 2. The number of halogens is 2. The Bertz CT molecular complexity index is 826. The molecule has 7 heteroatoms. The van der Waals surface area contributed by atoms with Crippen molar-refractivity contribution in [2.75, 3.05) is 10.6 Å². The fourth-order valence-electron chi connectivity index (χ4n) is 2.17. The molecule has 0 spiro atoms. The quantitative estimate of drug-likeness (QED) is 0.740. The highest BCUT2D eigenvalue weighted by Crippen LogP contribution is 2.19. The van der Waals surface area contributed by atoms with E-state index in [0.29, 0.717) is 17.5 Å². The highest BCUT2D eigenvalue weighted by Gasteiger charge is 2.08. The van der Waals surface area contributed by atoms with Gasteiger partial charge in [-0.15, -0.1) is 5.10 Å². The topological polar surface area (TPSA) is 62.7 Å². The van der Waals surface area contributed by atoms with E-state index in [0.717, 1.165) is 17.7 Å². The Morgan fingerprint density at radius 1 is 1.00 bits per heavy atom. The fourth-order valence-corrected chi connectivity index (χ4v) is 2.17. The number of benzene rings is 2. The summed E-state index contributed by atoms with van der Waals surface area (Å²) in [7, 11) is 0. The summed E-state index contributed by atoms with van der Waals surface area (Å²) in [5.74, 6) is -1.13. The van der Waals surface area contributed by atoms with Crippen LogP contribution in [-0.2, 0) is 0 Å². The van der Waals surface area contributed by atoms with Crippen molar-refractivity contribution < 1.29 is 8.78 Å². The van der Waals surface area contributed by atoms with E-state index in [1.54, 1.807) is 0 Å². The summed E-state index contributed by atoms with van der Waals surface area (Å²) in [5.41, 5.74) is 1.46. The first-order valence-electron chi connectivity index (χ1n) is 7.35. The minimum Gasteiger partial charge on any atom is -0.346 e. The lowest BCUT2D eigenvalue weighted by atomic mass is 10.1. The molecule has 2 N–H and O–H groups in total. The second-order valence-electron chi connectivity index (χ2n) is 5.20. The van der Waals surface area contributed by atoms with Gasteiger partial charge < -0.3 is 10.6 Å². The Balaban J connectivity index is 1.73. The molecule has 0 amide bonds. The molecule has 1 unspecified atom stereocenters. The molecule has 0 aliphatic rings. The van der Waals surface area contributed by atoms with Crippen LogP contribution in [0.3, 0.4) is 0 Å². The van der Waals surface area contributed by atoms with Crippen LogP contribution in [0.15, 0.2) is 54.7 Å². The molecule has 0 bridgehead atoms. The monoisotopic (exact) mass is 327 g/mol. The van der Waals surface area contributed by atoms with Gasteiger partial charge in [-0.2, -0.15) is 10.1 Å². The van der Waals surface area contributed by atoms with Crippen LogP contribution in [0, 0.1) is 11.6 Å². The molecule has 0 saturated carbocycles. The smallest absolute Gasteiger partial charge is 0.245 e. The number of aromatic nitrogens is 3. The van der Waals surface area contributed by atoms with Crippen molar-refractivity contribution in [3.8, 4) is 0 Å². The molecular formula is C17H15F2N5. The second-order valence-corrected chi connectivity index (χ2v) is 5.20. The van der Waals surface area contributed by atoms with Crippen molar-refractivity contribution in [2.24, 2.45) is 0 Å². The SMILES string of the molecule is CC(Nc1nncc(Nc2ccc(F)c(F)c2)n1)c1ccccc1. The van der Waals surface area contributed by atoms with Gasteiger partial charge in [-0.3, -0.25) is 0 Å². The van der Waals surface area contributed by atoms with Crippen LogP contribution in [-0.4, -0.2) is 15.2 Å². The first-order valence-corrected chi connectivity index (χ1v) is 7.35. The average Bonchev–Trinajstić information content (AvgIpc) is 2.59. The van der Waals surface area contributed by atoms with Gasteiger partial charge in [0.2, 0.25) is 5.95 Å². The van der Waals surface area contributed by atoms with E-state index in [9.17, 15) is 8.78 Å². The van der Waals surface area contributed by atoms with Gasteiger partial charge in [0, 0.05) is 11.8 Å². The Kier molecular flexibility index (Phi) is 4.60. The van der Waals surface area contributed by atoms with Gasteiger partial charge in [0.15, 0.2) is 17.5 Å². The van der Waals surface area contributed by atoms with Crippen LogP contribution >= 0.6 is 0 Å². The maximum absolute atomic E-state index is 13.2. The molecule has 5 nitrogen and oxygen atoms in total. The summed E-state index contributed by atoms with van der Waals surface area (Å²) >= 11 is 0. The normalized spacial score (nSPS) is 11.8. The molecule has 122 valence electrons. The van der Waals surface area contributed by atoms with Crippen LogP contribution in [0.5, 0.6) is 0 Å². The van der Waals surface area contributed by atoms with Gasteiger partial charge in [0.05, 0.1) is 12.2 Å². The van der Waals surface area contributed by atoms with Crippen LogP contribution in [0.1, 0.15) is 18.5 Å². The maximum atomic E-state index is 13.2. The van der Waals surface area contributed by atoms with E-state index in [-0.39, 0.29) is 6.04 Å². The predicted molar refractivity (Wildman–Crippen MR) is 87.9 cm³/mol. The zero-order valence-electron chi connectivity index (χ0n) is 12.9. The van der Waals surface area contributed by atoms with Gasteiger partial charge in [-0.05, 0) is 24.6 Å². The summed E-state index contributed by atoms with van der Waals surface area (Å²) < 4.78 is 26.2. The molecule has 0 aliphatic heterocycles. The van der Waals surface area contributed by atoms with Gasteiger partial charge in [0.1, 0.15) is 0 Å². The number of nitrogens with one attached hydrogen (secondary N) is 2. The first-order chi connectivity index (χ1) is 11.6. The van der Waals surface area contributed by atoms with Gasteiger partial charge >= 0.3 is 0 Å². The molecule has 0 aliphatic carbocycles. The number of hydrogen-bond acceptors (Lipinski definition) is 5. The lowest BCUT2D eigenvalue weighted by molar-refractivity contribution is 0.509. The summed E-state index contributed by atoms with van der Waals surface area (Å²) in [4.78, 5) is 4.27. The zero-order chi connectivity index (χ0) is 16.9. The molecule has 1 atom stereocenters. The van der Waals surface area contributed by atoms with Crippen molar-refractivity contribution in [2.45, 2.75) is 13.0 Å². The molecule has 1 aromatic heterocycles. The number of nitrogens with zero attached hydrogens (tertiary/aromatic N) is 3. The molecule has 0 fully saturated rings. The summed E-state index contributed by atoms with van der Waals surface area (Å²) in [6.45, 7) is 1.98. The molecule has 0 saturated heterocycles. The standard InChI is InChI=1S/C17H15F2N5/c1-11(12-5-3-2-4-6-12)21-17-23-16(10-20-24-17)22-13-7-8-14(18)15(19)9-13/h2-11H,1H3,(H2,21,22,23,24). The highest BCUT2D eigenvalue weighted by atomic mass is 19.2. The summed E-state index contributed by atoms with van der Waals surface area (Å²) in [6.07, 6.45) is 1.40. The Labute approximate surface area is 137 Å². The van der Waals surface area contributed by atoms with Crippen molar-refractivity contribution in [3.05, 3.63) is 71.9 Å². The van der Waals surface area contributed by atoms with Crippen molar-refractivity contribution in [3.63, 3.8) is 0 Å². The Hall–Kier alpha value is -3.09. The highest BCUT2D eigenvalue weighted by molar-refractivity contribution is 5.56. The molecule has 1 heterocycles. The molecule has 24 heavy (non-hydrogen) atoms. The van der Waals surface area contributed by atoms with Crippen LogP contribution in [0.2, 0.25) is 0 Å². The molecule has 2 aromatic carbocycles. The van der Waals surface area contributed by atoms with E-state index >= 15 is 0 Å². The van der Waals surface area contributed by atoms with Gasteiger partial charge in [-0.25, -0.2) is 8.78 Å². The summed E-state index contributed by atoms with van der Waals surface area (Å²) in [6, 6.07) is 13.3. The number of rotatable bonds is 5. The first kappa shape index (κ1) is 15.8. The maximum Gasteiger partial charge on any atom is 0.245 e. The van der Waals surface area contributed by atoms with Crippen LogP contribution in [0.4, 0.5) is 26.2 Å². The van der Waals surface area contributed by atoms with E-state index in [1.807, 2.05) is 37.3 Å². The predicted octanol–water partition coefficient (Wildman–Crippen LogP) is 4.07. The molecule has 3 rings (SSSR count). The van der Waals surface area contributed by atoms with E-state index in [4.69, 9.17) is 0 Å². The number of anilines is 3. The Morgan fingerprint density at radius 2 is 1.79 bits per heavy atom. The van der Waals surface area contributed by atoms with Crippen LogP contribution in [0.25, 0.3) is 0 Å². The minimum atomic E-state index is -0.932.